The van der Waals surface area contributed by atoms with Gasteiger partial charge in [-0.3, -0.25) is 14.8 Å². The van der Waals surface area contributed by atoms with E-state index in [0.717, 1.165) is 5.39 Å². The van der Waals surface area contributed by atoms with Crippen LogP contribution in [0.15, 0.2) is 36.2 Å². The van der Waals surface area contributed by atoms with Crippen LogP contribution in [0.1, 0.15) is 21.6 Å². The number of aromatic nitrogens is 3. The molecule has 1 saturated heterocycles. The van der Waals surface area contributed by atoms with Gasteiger partial charge in [-0.15, -0.1) is 0 Å². The van der Waals surface area contributed by atoms with Crippen LogP contribution in [0.2, 0.25) is 0 Å². The summed E-state index contributed by atoms with van der Waals surface area (Å²) in [6.07, 6.45) is 2.28. The Labute approximate surface area is 176 Å². The van der Waals surface area contributed by atoms with Crippen molar-refractivity contribution in [3.8, 4) is 11.5 Å². The Balaban J connectivity index is 1.42. The first kappa shape index (κ1) is 19.1. The molecule has 3 N–H and O–H groups in total. The molecule has 10 heteroatoms. The van der Waals surface area contributed by atoms with Gasteiger partial charge >= 0.3 is 6.09 Å². The van der Waals surface area contributed by atoms with Crippen molar-refractivity contribution in [1.29, 1.82) is 0 Å². The molecule has 1 aromatic carbocycles. The van der Waals surface area contributed by atoms with Gasteiger partial charge in [0, 0.05) is 50.4 Å². The lowest BCUT2D eigenvalue weighted by Gasteiger charge is -2.33. The number of hydrogen-bond acceptors (Lipinski definition) is 7. The molecule has 1 amide bonds. The van der Waals surface area contributed by atoms with Gasteiger partial charge in [-0.05, 0) is 24.3 Å². The van der Waals surface area contributed by atoms with Crippen molar-refractivity contribution in [3.05, 3.63) is 53.0 Å². The van der Waals surface area contributed by atoms with Gasteiger partial charge in [0.25, 0.3) is 0 Å². The average molecular weight is 421 g/mol. The Morgan fingerprint density at radius 3 is 2.81 bits per heavy atom. The van der Waals surface area contributed by atoms with Gasteiger partial charge in [-0.25, -0.2) is 9.78 Å². The topological polar surface area (TPSA) is 132 Å². The minimum Gasteiger partial charge on any atom is -0.507 e. The molecule has 0 spiro atoms. The Morgan fingerprint density at radius 1 is 1.23 bits per heavy atom. The summed E-state index contributed by atoms with van der Waals surface area (Å²) < 4.78 is 5.90. The van der Waals surface area contributed by atoms with E-state index in [9.17, 15) is 14.7 Å². The number of carbonyl (C=O) groups excluding carboxylic acids is 1. The second-order valence-corrected chi connectivity index (χ2v) is 7.43. The predicted molar refractivity (Wildman–Crippen MR) is 110 cm³/mol. The summed E-state index contributed by atoms with van der Waals surface area (Å²) in [7, 11) is 0. The number of ether oxygens (including phenoxy) is 1. The van der Waals surface area contributed by atoms with Crippen LogP contribution in [0.5, 0.6) is 11.5 Å². The largest absolute Gasteiger partial charge is 0.507 e. The molecule has 10 nitrogen and oxygen atoms in total. The van der Waals surface area contributed by atoms with Gasteiger partial charge in [0.15, 0.2) is 11.4 Å². The van der Waals surface area contributed by atoms with Crippen molar-refractivity contribution in [3.63, 3.8) is 0 Å². The smallest absolute Gasteiger partial charge is 0.407 e. The number of pyridine rings is 1. The third kappa shape index (κ3) is 3.36. The van der Waals surface area contributed by atoms with Crippen LogP contribution in [0.25, 0.3) is 17.1 Å². The number of ketones is 1. The lowest BCUT2D eigenvalue weighted by Crippen LogP contribution is -2.47. The molecule has 0 bridgehead atoms. The number of nitrogens with one attached hydrogen (secondary N) is 1. The van der Waals surface area contributed by atoms with E-state index in [-0.39, 0.29) is 17.3 Å². The van der Waals surface area contributed by atoms with Crippen molar-refractivity contribution in [1.82, 2.24) is 25.0 Å². The molecule has 0 radical (unpaired) electrons. The van der Waals surface area contributed by atoms with Crippen LogP contribution in [0.3, 0.4) is 0 Å². The molecule has 0 aliphatic carbocycles. The predicted octanol–water partition coefficient (Wildman–Crippen LogP) is 2.08. The first-order valence-corrected chi connectivity index (χ1v) is 9.79. The van der Waals surface area contributed by atoms with Gasteiger partial charge in [-0.2, -0.15) is 5.10 Å². The summed E-state index contributed by atoms with van der Waals surface area (Å²) in [6.45, 7) is 2.17. The maximum absolute atomic E-state index is 12.9. The molecule has 0 saturated carbocycles. The van der Waals surface area contributed by atoms with E-state index in [0.29, 0.717) is 60.9 Å². The highest BCUT2D eigenvalue weighted by atomic mass is 16.5. The van der Waals surface area contributed by atoms with Crippen molar-refractivity contribution in [2.75, 3.05) is 26.2 Å². The number of rotatable bonds is 3. The third-order valence-corrected chi connectivity index (χ3v) is 5.57. The fraction of sp³-hybridized carbons (Fsp3) is 0.238. The van der Waals surface area contributed by atoms with E-state index in [1.807, 2.05) is 11.0 Å². The quantitative estimate of drug-likeness (QED) is 0.548. The number of aromatic amines is 1. The summed E-state index contributed by atoms with van der Waals surface area (Å²) in [4.78, 5) is 31.6. The summed E-state index contributed by atoms with van der Waals surface area (Å²) in [5.41, 5.74) is 2.03. The van der Waals surface area contributed by atoms with Crippen LogP contribution in [-0.2, 0) is 6.54 Å². The Hall–Kier alpha value is -3.92. The molecule has 2 aliphatic rings. The Kier molecular flexibility index (Phi) is 4.55. The number of hydrogen-bond donors (Lipinski definition) is 3. The Bertz CT molecular complexity index is 1230. The van der Waals surface area contributed by atoms with Crippen molar-refractivity contribution >= 4 is 29.0 Å². The molecule has 2 aromatic heterocycles. The van der Waals surface area contributed by atoms with E-state index < -0.39 is 6.09 Å². The highest BCUT2D eigenvalue weighted by molar-refractivity contribution is 6.15. The number of amides is 1. The number of phenolic OH excluding ortho intramolecular Hbond substituents is 1. The van der Waals surface area contributed by atoms with E-state index in [1.165, 1.54) is 11.0 Å². The highest BCUT2D eigenvalue weighted by Gasteiger charge is 2.32. The molecule has 158 valence electrons. The second-order valence-electron chi connectivity index (χ2n) is 7.43. The van der Waals surface area contributed by atoms with Gasteiger partial charge < -0.3 is 19.8 Å². The van der Waals surface area contributed by atoms with Crippen LogP contribution >= 0.6 is 0 Å². The molecule has 0 unspecified atom stereocenters. The number of piperazine rings is 1. The van der Waals surface area contributed by atoms with Crippen LogP contribution in [0.4, 0.5) is 4.79 Å². The SMILES string of the molecule is O=C1/C(=C/c2n[nH]c3ncccc23)Oc2c1ccc(O)c2CN1CCN(C(=O)O)CC1. The van der Waals surface area contributed by atoms with Crippen LogP contribution in [0, 0.1) is 0 Å². The summed E-state index contributed by atoms with van der Waals surface area (Å²) in [5.74, 6) is 0.194. The average Bonchev–Trinajstić information content (AvgIpc) is 3.32. The third-order valence-electron chi connectivity index (χ3n) is 5.57. The van der Waals surface area contributed by atoms with E-state index >= 15 is 0 Å². The fourth-order valence-corrected chi connectivity index (χ4v) is 3.88. The van der Waals surface area contributed by atoms with Gasteiger partial charge in [0.1, 0.15) is 11.5 Å². The summed E-state index contributed by atoms with van der Waals surface area (Å²) >= 11 is 0. The van der Waals surface area contributed by atoms with Crippen LogP contribution < -0.4 is 4.74 Å². The number of nitrogens with zero attached hydrogens (tertiary/aromatic N) is 4. The molecule has 2 aliphatic heterocycles. The van der Waals surface area contributed by atoms with Gasteiger partial charge in [-0.1, -0.05) is 0 Å². The molecular weight excluding hydrogens is 402 g/mol. The number of H-pyrrole nitrogens is 1. The van der Waals surface area contributed by atoms with E-state index in [1.54, 1.807) is 24.4 Å². The molecular formula is C21H19N5O5. The highest BCUT2D eigenvalue weighted by Crippen LogP contribution is 2.40. The van der Waals surface area contributed by atoms with Gasteiger partial charge in [0.2, 0.25) is 5.78 Å². The van der Waals surface area contributed by atoms with Gasteiger partial charge in [0.05, 0.1) is 16.8 Å². The van der Waals surface area contributed by atoms with E-state index in [2.05, 4.69) is 15.2 Å². The number of fused-ring (bicyclic) bond motifs is 2. The first-order chi connectivity index (χ1) is 15.0. The molecule has 0 atom stereocenters. The number of carbonyl (C=O) groups is 2. The molecule has 5 rings (SSSR count). The minimum atomic E-state index is -0.937. The minimum absolute atomic E-state index is 0.0304. The molecule has 1 fully saturated rings. The zero-order chi connectivity index (χ0) is 21.5. The van der Waals surface area contributed by atoms with Crippen LogP contribution in [-0.4, -0.2) is 73.2 Å². The van der Waals surface area contributed by atoms with Crippen molar-refractivity contribution < 1.29 is 24.5 Å². The lowest BCUT2D eigenvalue weighted by atomic mass is 10.0. The second kappa shape index (κ2) is 7.40. The zero-order valence-corrected chi connectivity index (χ0v) is 16.4. The number of phenols is 1. The summed E-state index contributed by atoms with van der Waals surface area (Å²) in [5, 5.41) is 27.3. The maximum Gasteiger partial charge on any atom is 0.407 e. The molecule has 4 heterocycles. The number of benzene rings is 1. The maximum atomic E-state index is 12.9. The monoisotopic (exact) mass is 421 g/mol. The van der Waals surface area contributed by atoms with Crippen molar-refractivity contribution in [2.45, 2.75) is 6.54 Å². The number of carboxylic acid groups (broad SMARTS) is 1. The lowest BCUT2D eigenvalue weighted by molar-refractivity contribution is 0.101. The first-order valence-electron chi connectivity index (χ1n) is 9.79. The summed E-state index contributed by atoms with van der Waals surface area (Å²) in [6, 6.07) is 6.66. The fourth-order valence-electron chi connectivity index (χ4n) is 3.88. The molecule has 3 aromatic rings. The normalized spacial score (nSPS) is 17.9. The number of aromatic hydroxyl groups is 1. The standard InChI is InChI=1S/C21H19N5O5/c27-16-4-3-13-18(28)17(10-15-12-2-1-5-22-20(12)24-23-15)31-19(13)14(16)11-25-6-8-26(9-7-25)21(29)30/h1-5,10,27H,6-9,11H2,(H,29,30)(H,22,23,24)/b17-10-. The number of allylic oxidation sites excluding steroid dienone is 1. The van der Waals surface area contributed by atoms with Crippen molar-refractivity contribution in [2.24, 2.45) is 0 Å². The zero-order valence-electron chi connectivity index (χ0n) is 16.4. The molecule has 31 heavy (non-hydrogen) atoms. The van der Waals surface area contributed by atoms with E-state index in [4.69, 9.17) is 9.84 Å². The Morgan fingerprint density at radius 2 is 2.03 bits per heavy atom. The number of Topliss-reactive ketones (excluding diaryl/α,β-unsaturated/α-hetero) is 1.